The highest BCUT2D eigenvalue weighted by Gasteiger charge is 2.15. The van der Waals surface area contributed by atoms with Crippen LogP contribution in [0.25, 0.3) is 0 Å². The van der Waals surface area contributed by atoms with Crippen molar-refractivity contribution < 1.29 is 9.53 Å². The Morgan fingerprint density at radius 2 is 2.28 bits per heavy atom. The van der Waals surface area contributed by atoms with Crippen molar-refractivity contribution in [2.24, 2.45) is 7.05 Å². The molecule has 0 amide bonds. The van der Waals surface area contributed by atoms with Gasteiger partial charge < -0.3 is 4.74 Å². The fourth-order valence-corrected chi connectivity index (χ4v) is 2.35. The van der Waals surface area contributed by atoms with Crippen molar-refractivity contribution in [2.75, 3.05) is 7.11 Å². The van der Waals surface area contributed by atoms with Crippen LogP contribution in [0.4, 0.5) is 0 Å². The van der Waals surface area contributed by atoms with Crippen LogP contribution < -0.4 is 4.74 Å². The average molecular weight is 309 g/mol. The molecule has 1 aromatic heterocycles. The summed E-state index contributed by atoms with van der Waals surface area (Å²) in [5.74, 6) is 0.777. The van der Waals surface area contributed by atoms with E-state index in [9.17, 15) is 4.79 Å². The number of aromatic nitrogens is 2. The molecule has 94 valence electrons. The molecule has 0 fully saturated rings. The SMILES string of the molecule is COc1cccc(CC(=O)c2c(Br)cnn2C)c1. The number of nitrogens with zero attached hydrogens (tertiary/aromatic N) is 2. The smallest absolute Gasteiger partial charge is 0.186 e. The normalized spacial score (nSPS) is 10.4. The van der Waals surface area contributed by atoms with E-state index < -0.39 is 0 Å². The number of rotatable bonds is 4. The Morgan fingerprint density at radius 3 is 2.89 bits per heavy atom. The van der Waals surface area contributed by atoms with Gasteiger partial charge in [-0.25, -0.2) is 0 Å². The molecule has 2 rings (SSSR count). The van der Waals surface area contributed by atoms with Gasteiger partial charge in [-0.05, 0) is 33.6 Å². The van der Waals surface area contributed by atoms with Crippen LogP contribution >= 0.6 is 15.9 Å². The summed E-state index contributed by atoms with van der Waals surface area (Å²) in [5.41, 5.74) is 1.50. The minimum Gasteiger partial charge on any atom is -0.497 e. The Morgan fingerprint density at radius 1 is 1.50 bits per heavy atom. The van der Waals surface area contributed by atoms with Gasteiger partial charge in [-0.2, -0.15) is 5.10 Å². The minimum atomic E-state index is 0.0233. The number of benzene rings is 1. The van der Waals surface area contributed by atoms with Gasteiger partial charge in [0.1, 0.15) is 11.4 Å². The number of carbonyl (C=O) groups excluding carboxylic acids is 1. The molecule has 2 aromatic rings. The third-order valence-electron chi connectivity index (χ3n) is 2.66. The van der Waals surface area contributed by atoms with Crippen LogP contribution in [0.15, 0.2) is 34.9 Å². The van der Waals surface area contributed by atoms with Gasteiger partial charge in [0.05, 0.1) is 17.8 Å². The monoisotopic (exact) mass is 308 g/mol. The van der Waals surface area contributed by atoms with Crippen LogP contribution in [0.3, 0.4) is 0 Å². The maximum absolute atomic E-state index is 12.2. The molecule has 0 N–H and O–H groups in total. The van der Waals surface area contributed by atoms with Gasteiger partial charge in [-0.1, -0.05) is 12.1 Å². The quantitative estimate of drug-likeness (QED) is 0.816. The molecular weight excluding hydrogens is 296 g/mol. The Labute approximate surface area is 114 Å². The number of Topliss-reactive ketones (excluding diaryl/α,β-unsaturated/α-hetero) is 1. The van der Waals surface area contributed by atoms with E-state index in [1.807, 2.05) is 24.3 Å². The molecule has 0 aliphatic carbocycles. The molecule has 18 heavy (non-hydrogen) atoms. The van der Waals surface area contributed by atoms with Crippen molar-refractivity contribution >= 4 is 21.7 Å². The zero-order valence-electron chi connectivity index (χ0n) is 10.2. The highest BCUT2D eigenvalue weighted by Crippen LogP contribution is 2.19. The van der Waals surface area contributed by atoms with Crippen LogP contribution in [0.5, 0.6) is 5.75 Å². The van der Waals surface area contributed by atoms with E-state index in [4.69, 9.17) is 4.74 Å². The van der Waals surface area contributed by atoms with Gasteiger partial charge in [0.25, 0.3) is 0 Å². The van der Waals surface area contributed by atoms with Crippen LogP contribution in [0.1, 0.15) is 16.1 Å². The molecule has 0 saturated carbocycles. The first-order valence-electron chi connectivity index (χ1n) is 5.45. The molecule has 1 heterocycles. The summed E-state index contributed by atoms with van der Waals surface area (Å²) in [7, 11) is 3.36. The average Bonchev–Trinajstić information content (AvgIpc) is 2.69. The van der Waals surface area contributed by atoms with Gasteiger partial charge >= 0.3 is 0 Å². The predicted octanol–water partition coefficient (Wildman–Crippen LogP) is 2.62. The summed E-state index contributed by atoms with van der Waals surface area (Å²) in [4.78, 5) is 12.2. The molecule has 5 heteroatoms. The Balaban J connectivity index is 2.21. The van der Waals surface area contributed by atoms with Crippen molar-refractivity contribution in [3.8, 4) is 5.75 Å². The Kier molecular flexibility index (Phi) is 3.81. The van der Waals surface area contributed by atoms with E-state index in [0.717, 1.165) is 15.8 Å². The number of carbonyl (C=O) groups is 1. The first-order chi connectivity index (χ1) is 8.61. The van der Waals surface area contributed by atoms with Crippen LogP contribution in [-0.2, 0) is 13.5 Å². The van der Waals surface area contributed by atoms with Gasteiger partial charge in [0, 0.05) is 13.5 Å². The van der Waals surface area contributed by atoms with Crippen molar-refractivity contribution in [3.63, 3.8) is 0 Å². The fraction of sp³-hybridized carbons (Fsp3) is 0.231. The molecule has 0 radical (unpaired) electrons. The number of aryl methyl sites for hydroxylation is 1. The van der Waals surface area contributed by atoms with E-state index in [1.54, 1.807) is 25.0 Å². The van der Waals surface area contributed by atoms with Gasteiger partial charge in [-0.3, -0.25) is 9.48 Å². The summed E-state index contributed by atoms with van der Waals surface area (Å²) >= 11 is 3.33. The molecule has 0 saturated heterocycles. The van der Waals surface area contributed by atoms with E-state index in [-0.39, 0.29) is 5.78 Å². The Bertz CT molecular complexity index is 559. The van der Waals surface area contributed by atoms with Crippen molar-refractivity contribution in [3.05, 3.63) is 46.2 Å². The zero-order chi connectivity index (χ0) is 13.1. The van der Waals surface area contributed by atoms with Gasteiger partial charge in [0.15, 0.2) is 5.78 Å². The lowest BCUT2D eigenvalue weighted by Gasteiger charge is -2.05. The number of hydrogen-bond acceptors (Lipinski definition) is 3. The molecule has 0 atom stereocenters. The summed E-state index contributed by atoms with van der Waals surface area (Å²) in [6.07, 6.45) is 1.95. The van der Waals surface area contributed by atoms with Gasteiger partial charge in [-0.15, -0.1) is 0 Å². The third-order valence-corrected chi connectivity index (χ3v) is 3.24. The minimum absolute atomic E-state index is 0.0233. The van der Waals surface area contributed by atoms with Crippen LogP contribution in [-0.4, -0.2) is 22.7 Å². The largest absolute Gasteiger partial charge is 0.497 e. The number of ether oxygens (including phenoxy) is 1. The van der Waals surface area contributed by atoms with Gasteiger partial charge in [0.2, 0.25) is 0 Å². The summed E-state index contributed by atoms with van der Waals surface area (Å²) in [6, 6.07) is 7.50. The molecule has 0 bridgehead atoms. The molecule has 1 aromatic carbocycles. The molecule has 4 nitrogen and oxygen atoms in total. The van der Waals surface area contributed by atoms with Crippen LogP contribution in [0.2, 0.25) is 0 Å². The summed E-state index contributed by atoms with van der Waals surface area (Å²) in [6.45, 7) is 0. The molecular formula is C13H13BrN2O2. The number of ketones is 1. The van der Waals surface area contributed by atoms with E-state index in [1.165, 1.54) is 0 Å². The lowest BCUT2D eigenvalue weighted by atomic mass is 10.1. The van der Waals surface area contributed by atoms with Crippen molar-refractivity contribution in [2.45, 2.75) is 6.42 Å². The molecule has 0 aliphatic heterocycles. The predicted molar refractivity (Wildman–Crippen MR) is 71.9 cm³/mol. The summed E-state index contributed by atoms with van der Waals surface area (Å²) < 4.78 is 7.43. The second-order valence-electron chi connectivity index (χ2n) is 3.92. The lowest BCUT2D eigenvalue weighted by molar-refractivity contribution is 0.0983. The maximum atomic E-state index is 12.2. The van der Waals surface area contributed by atoms with E-state index in [2.05, 4.69) is 21.0 Å². The lowest BCUT2D eigenvalue weighted by Crippen LogP contribution is -2.10. The van der Waals surface area contributed by atoms with E-state index in [0.29, 0.717) is 12.1 Å². The standard InChI is InChI=1S/C13H13BrN2O2/c1-16-13(11(14)8-15-16)12(17)7-9-4-3-5-10(6-9)18-2/h3-6,8H,7H2,1-2H3. The number of methoxy groups -OCH3 is 1. The molecule has 0 aliphatic rings. The van der Waals surface area contributed by atoms with E-state index >= 15 is 0 Å². The number of hydrogen-bond donors (Lipinski definition) is 0. The Hall–Kier alpha value is -1.62. The summed E-state index contributed by atoms with van der Waals surface area (Å²) in [5, 5.41) is 4.04. The second-order valence-corrected chi connectivity index (χ2v) is 4.77. The zero-order valence-corrected chi connectivity index (χ0v) is 11.8. The third kappa shape index (κ3) is 2.61. The first-order valence-corrected chi connectivity index (χ1v) is 6.24. The van der Waals surface area contributed by atoms with Crippen molar-refractivity contribution in [1.82, 2.24) is 9.78 Å². The van der Waals surface area contributed by atoms with Crippen LogP contribution in [0, 0.1) is 0 Å². The fourth-order valence-electron chi connectivity index (χ4n) is 1.78. The second kappa shape index (κ2) is 5.35. The van der Waals surface area contributed by atoms with Crippen molar-refractivity contribution in [1.29, 1.82) is 0 Å². The number of halogens is 1. The highest BCUT2D eigenvalue weighted by molar-refractivity contribution is 9.10. The molecule has 0 spiro atoms. The molecule has 0 unspecified atom stereocenters. The maximum Gasteiger partial charge on any atom is 0.186 e. The topological polar surface area (TPSA) is 44.1 Å². The first kappa shape index (κ1) is 12.8. The highest BCUT2D eigenvalue weighted by atomic mass is 79.9.